The van der Waals surface area contributed by atoms with E-state index >= 15 is 0 Å². The lowest BCUT2D eigenvalue weighted by molar-refractivity contribution is -0.137. The van der Waals surface area contributed by atoms with Gasteiger partial charge in [0, 0.05) is 0 Å². The maximum atomic E-state index is 12.8. The molecule has 0 aliphatic heterocycles. The molecule has 0 heterocycles. The quantitative estimate of drug-likeness (QED) is 0.591. The molecule has 2 nitrogen and oxygen atoms in total. The third-order valence-corrected chi connectivity index (χ3v) is 5.07. The largest absolute Gasteiger partial charge is 0.501 e. The van der Waals surface area contributed by atoms with Crippen molar-refractivity contribution in [3.05, 3.63) is 29.3 Å². The Balaban J connectivity index is 3.68. The van der Waals surface area contributed by atoms with E-state index in [1.165, 1.54) is 0 Å². The van der Waals surface area contributed by atoms with Gasteiger partial charge in [0.05, 0.1) is 10.5 Å². The fourth-order valence-electron chi connectivity index (χ4n) is 1.54. The van der Waals surface area contributed by atoms with Gasteiger partial charge in [-0.1, -0.05) is 13.8 Å². The molecular formula is C12H11F6O2PS. The highest BCUT2D eigenvalue weighted by atomic mass is 32.2. The van der Waals surface area contributed by atoms with Gasteiger partial charge in [0.2, 0.25) is 0 Å². The van der Waals surface area contributed by atoms with Crippen LogP contribution in [-0.4, -0.2) is 19.2 Å². The molecular weight excluding hydrogens is 353 g/mol. The molecule has 0 amide bonds. The van der Waals surface area contributed by atoms with Crippen LogP contribution in [0.4, 0.5) is 26.3 Å². The van der Waals surface area contributed by atoms with Crippen LogP contribution < -0.4 is 0 Å². The minimum absolute atomic E-state index is 0.0217. The van der Waals surface area contributed by atoms with Gasteiger partial charge in [0.25, 0.3) is 9.84 Å². The summed E-state index contributed by atoms with van der Waals surface area (Å²) in [7, 11) is -2.84. The van der Waals surface area contributed by atoms with Crippen LogP contribution in [0, 0.1) is 5.92 Å². The molecule has 0 aromatic heterocycles. The van der Waals surface area contributed by atoms with Gasteiger partial charge in [-0.05, 0) is 35.0 Å². The Kier molecular flexibility index (Phi) is 5.04. The first-order chi connectivity index (χ1) is 9.68. The zero-order chi connectivity index (χ0) is 17.5. The standard InChI is InChI=1S/C12H11F6O2PS/c1-6(2)10(21)7-3-8(11(13,14)15)5-9(4-7)22(19,20)12(16,17)18/h3-6,21H,1-2H3. The van der Waals surface area contributed by atoms with Gasteiger partial charge in [0.1, 0.15) is 0 Å². The maximum absolute atomic E-state index is 12.8. The Morgan fingerprint density at radius 1 is 1.05 bits per heavy atom. The molecule has 0 unspecified atom stereocenters. The fourth-order valence-corrected chi connectivity index (χ4v) is 2.52. The highest BCUT2D eigenvalue weighted by molar-refractivity contribution is 7.92. The van der Waals surface area contributed by atoms with Crippen LogP contribution in [0.25, 0.3) is 0 Å². The van der Waals surface area contributed by atoms with E-state index in [0.717, 1.165) is 0 Å². The first-order valence-electron chi connectivity index (χ1n) is 5.80. The van der Waals surface area contributed by atoms with Gasteiger partial charge in [-0.2, -0.15) is 26.3 Å². The Labute approximate surface area is 125 Å². The summed E-state index contributed by atoms with van der Waals surface area (Å²) in [6.07, 6.45) is -4.98. The summed E-state index contributed by atoms with van der Waals surface area (Å²) in [4.78, 5) is -1.44. The minimum atomic E-state index is -5.88. The van der Waals surface area contributed by atoms with E-state index in [-0.39, 0.29) is 22.8 Å². The van der Waals surface area contributed by atoms with Crippen molar-refractivity contribution < 1.29 is 34.8 Å². The van der Waals surface area contributed by atoms with E-state index in [1.54, 1.807) is 13.8 Å². The van der Waals surface area contributed by atoms with Crippen molar-refractivity contribution in [2.24, 2.45) is 5.92 Å². The number of sulfone groups is 1. The summed E-state index contributed by atoms with van der Waals surface area (Å²) in [5.41, 5.74) is -7.42. The highest BCUT2D eigenvalue weighted by Gasteiger charge is 2.47. The van der Waals surface area contributed by atoms with E-state index in [1.807, 2.05) is 0 Å². The van der Waals surface area contributed by atoms with Gasteiger partial charge in [-0.3, -0.25) is 0 Å². The average Bonchev–Trinajstić information content (AvgIpc) is 2.34. The lowest BCUT2D eigenvalue weighted by Crippen LogP contribution is -2.24. The molecule has 22 heavy (non-hydrogen) atoms. The number of halogens is 6. The molecule has 0 radical (unpaired) electrons. The number of rotatable bonds is 3. The van der Waals surface area contributed by atoms with Gasteiger partial charge in [0.15, 0.2) is 0 Å². The second-order valence-corrected chi connectivity index (χ2v) is 7.24. The zero-order valence-electron chi connectivity index (χ0n) is 11.3. The minimum Gasteiger partial charge on any atom is -0.214 e. The van der Waals surface area contributed by atoms with Gasteiger partial charge >= 0.3 is 11.7 Å². The summed E-state index contributed by atoms with van der Waals surface area (Å²) in [5.74, 6) is -0.346. The monoisotopic (exact) mass is 364 g/mol. The molecule has 10 heteroatoms. The Bertz CT molecular complexity index is 689. The molecule has 0 fully saturated rings. The molecule has 0 saturated heterocycles. The van der Waals surface area contributed by atoms with E-state index in [2.05, 4.69) is 8.86 Å². The van der Waals surface area contributed by atoms with E-state index < -0.39 is 32.0 Å². The summed E-state index contributed by atoms with van der Waals surface area (Å²) in [5, 5.41) is 0.157. The smallest absolute Gasteiger partial charge is 0.214 e. The number of alkyl halides is 6. The van der Waals surface area contributed by atoms with Crippen LogP contribution in [0.1, 0.15) is 25.0 Å². The third kappa shape index (κ3) is 3.81. The molecule has 1 rings (SSSR count). The molecule has 0 aliphatic rings. The molecule has 0 saturated carbocycles. The van der Waals surface area contributed by atoms with Crippen molar-refractivity contribution >= 4 is 24.0 Å². The van der Waals surface area contributed by atoms with Crippen LogP contribution in [0.2, 0.25) is 0 Å². The highest BCUT2D eigenvalue weighted by Crippen LogP contribution is 2.36. The second kappa shape index (κ2) is 5.85. The first-order valence-corrected chi connectivity index (χ1v) is 7.78. The molecule has 0 atom stereocenters. The molecule has 1 aromatic rings. The van der Waals surface area contributed by atoms with E-state index in [9.17, 15) is 34.8 Å². The Hall–Kier alpha value is -1.08. The van der Waals surface area contributed by atoms with Crippen molar-refractivity contribution in [2.75, 3.05) is 0 Å². The van der Waals surface area contributed by atoms with E-state index in [0.29, 0.717) is 12.1 Å². The number of benzene rings is 1. The van der Waals surface area contributed by atoms with Crippen molar-refractivity contribution in [1.29, 1.82) is 0 Å². The van der Waals surface area contributed by atoms with Gasteiger partial charge in [-0.25, -0.2) is 8.42 Å². The summed E-state index contributed by atoms with van der Waals surface area (Å²) < 4.78 is 98.8. The fraction of sp³-hybridized carbons (Fsp3) is 0.417. The average molecular weight is 364 g/mol. The Morgan fingerprint density at radius 3 is 1.91 bits per heavy atom. The number of hydrogen-bond acceptors (Lipinski definition) is 2. The summed E-state index contributed by atoms with van der Waals surface area (Å²) in [6.45, 7) is 3.17. The number of hydrogen-bond donors (Lipinski definition) is 0. The van der Waals surface area contributed by atoms with Crippen LogP contribution in [0.5, 0.6) is 0 Å². The van der Waals surface area contributed by atoms with E-state index in [4.69, 9.17) is 0 Å². The maximum Gasteiger partial charge on any atom is 0.501 e. The predicted octanol–water partition coefficient (Wildman–Crippen LogP) is 4.32. The second-order valence-electron chi connectivity index (χ2n) is 4.76. The van der Waals surface area contributed by atoms with Crippen molar-refractivity contribution in [1.82, 2.24) is 0 Å². The zero-order valence-corrected chi connectivity index (χ0v) is 13.1. The molecule has 0 bridgehead atoms. The SMILES string of the molecule is CC(C)C(=P)c1cc(C(F)(F)F)cc(S(=O)(=O)C(F)(F)F)c1. The topological polar surface area (TPSA) is 34.1 Å². The Morgan fingerprint density at radius 2 is 1.55 bits per heavy atom. The molecule has 0 N–H and O–H groups in total. The van der Waals surface area contributed by atoms with Crippen molar-refractivity contribution in [3.63, 3.8) is 0 Å². The summed E-state index contributed by atoms with van der Waals surface area (Å²) in [6, 6.07) is 1.14. The van der Waals surface area contributed by atoms with Crippen LogP contribution in [0.15, 0.2) is 23.1 Å². The normalized spacial score (nSPS) is 13.5. The molecule has 0 aliphatic carbocycles. The molecule has 124 valence electrons. The van der Waals surface area contributed by atoms with Crippen LogP contribution in [-0.2, 0) is 16.0 Å². The van der Waals surface area contributed by atoms with Crippen LogP contribution >= 0.6 is 8.86 Å². The van der Waals surface area contributed by atoms with Crippen LogP contribution in [0.3, 0.4) is 0 Å². The third-order valence-electron chi connectivity index (χ3n) is 2.74. The van der Waals surface area contributed by atoms with Gasteiger partial charge < -0.3 is 0 Å². The summed E-state index contributed by atoms with van der Waals surface area (Å²) >= 11 is 0. The molecule has 1 aromatic carbocycles. The van der Waals surface area contributed by atoms with Crippen molar-refractivity contribution in [2.45, 2.75) is 30.4 Å². The van der Waals surface area contributed by atoms with Crippen molar-refractivity contribution in [3.8, 4) is 0 Å². The first kappa shape index (κ1) is 19.0. The lowest BCUT2D eigenvalue weighted by atomic mass is 10.0. The van der Waals surface area contributed by atoms with Gasteiger partial charge in [-0.15, -0.1) is 8.86 Å². The predicted molar refractivity (Wildman–Crippen MR) is 71.9 cm³/mol. The lowest BCUT2D eigenvalue weighted by Gasteiger charge is -2.16. The molecule has 0 spiro atoms.